The zero-order chi connectivity index (χ0) is 14.9. The Kier molecular flexibility index (Phi) is 4.63. The van der Waals surface area contributed by atoms with Gasteiger partial charge in [0.05, 0.1) is 6.61 Å². The SMILES string of the molecule is CC1(C)COc2ccc(C(Br)C3CCCCCCC3)cc21. The van der Waals surface area contributed by atoms with Crippen LogP contribution in [0.4, 0.5) is 0 Å². The van der Waals surface area contributed by atoms with Crippen LogP contribution >= 0.6 is 15.9 Å². The number of fused-ring (bicyclic) bond motifs is 1. The molecule has 0 N–H and O–H groups in total. The molecular formula is C19H27BrO. The molecule has 1 saturated carbocycles. The molecule has 1 nitrogen and oxygen atoms in total. The molecule has 116 valence electrons. The van der Waals surface area contributed by atoms with E-state index >= 15 is 0 Å². The van der Waals surface area contributed by atoms with Crippen molar-refractivity contribution in [3.05, 3.63) is 29.3 Å². The van der Waals surface area contributed by atoms with Crippen molar-refractivity contribution in [3.63, 3.8) is 0 Å². The molecule has 2 aliphatic rings. The molecule has 1 heterocycles. The summed E-state index contributed by atoms with van der Waals surface area (Å²) in [6.07, 6.45) is 9.80. The first-order valence-electron chi connectivity index (χ1n) is 8.49. The fourth-order valence-electron chi connectivity index (χ4n) is 3.76. The van der Waals surface area contributed by atoms with Crippen molar-refractivity contribution >= 4 is 15.9 Å². The lowest BCUT2D eigenvalue weighted by atomic mass is 9.83. The molecule has 0 bridgehead atoms. The molecule has 1 aliphatic carbocycles. The van der Waals surface area contributed by atoms with Crippen molar-refractivity contribution in [3.8, 4) is 5.75 Å². The minimum absolute atomic E-state index is 0.152. The van der Waals surface area contributed by atoms with Gasteiger partial charge in [0.15, 0.2) is 0 Å². The first kappa shape index (κ1) is 15.4. The van der Waals surface area contributed by atoms with Crippen molar-refractivity contribution in [2.45, 2.75) is 69.0 Å². The summed E-state index contributed by atoms with van der Waals surface area (Å²) in [7, 11) is 0. The normalized spacial score (nSPS) is 23.8. The van der Waals surface area contributed by atoms with E-state index in [0.29, 0.717) is 4.83 Å². The number of rotatable bonds is 2. The van der Waals surface area contributed by atoms with Gasteiger partial charge in [-0.05, 0) is 30.4 Å². The van der Waals surface area contributed by atoms with Crippen LogP contribution in [0.15, 0.2) is 18.2 Å². The summed E-state index contributed by atoms with van der Waals surface area (Å²) >= 11 is 4.01. The van der Waals surface area contributed by atoms with Crippen LogP contribution in [0, 0.1) is 5.92 Å². The third-order valence-corrected chi connectivity index (χ3v) is 6.48. The number of benzene rings is 1. The molecule has 0 radical (unpaired) electrons. The highest BCUT2D eigenvalue weighted by atomic mass is 79.9. The van der Waals surface area contributed by atoms with Crippen LogP contribution in [0.5, 0.6) is 5.75 Å². The predicted molar refractivity (Wildman–Crippen MR) is 92.4 cm³/mol. The number of halogens is 1. The first-order valence-corrected chi connectivity index (χ1v) is 9.41. The average molecular weight is 351 g/mol. The average Bonchev–Trinajstić information content (AvgIpc) is 2.73. The van der Waals surface area contributed by atoms with Crippen LogP contribution in [0.3, 0.4) is 0 Å². The van der Waals surface area contributed by atoms with Crippen LogP contribution < -0.4 is 4.74 Å². The Labute approximate surface area is 137 Å². The molecule has 0 aromatic heterocycles. The second-order valence-corrected chi connectivity index (χ2v) is 8.42. The molecule has 0 saturated heterocycles. The van der Waals surface area contributed by atoms with E-state index in [9.17, 15) is 0 Å². The lowest BCUT2D eigenvalue weighted by Gasteiger charge is -2.26. The molecule has 0 amide bonds. The van der Waals surface area contributed by atoms with Crippen molar-refractivity contribution in [1.29, 1.82) is 0 Å². The minimum atomic E-state index is 0.152. The Morgan fingerprint density at radius 1 is 1.10 bits per heavy atom. The molecular weight excluding hydrogens is 324 g/mol. The molecule has 0 spiro atoms. The highest BCUT2D eigenvalue weighted by molar-refractivity contribution is 9.09. The van der Waals surface area contributed by atoms with Crippen LogP contribution in [0.1, 0.15) is 74.7 Å². The number of alkyl halides is 1. The standard InChI is InChI=1S/C19H27BrO/c1-19(2)13-21-17-11-10-15(12-16(17)19)18(20)14-8-6-4-3-5-7-9-14/h10-12,14,18H,3-9,13H2,1-2H3. The van der Waals surface area contributed by atoms with Gasteiger partial charge in [-0.3, -0.25) is 0 Å². The number of hydrogen-bond acceptors (Lipinski definition) is 1. The van der Waals surface area contributed by atoms with Gasteiger partial charge in [-0.25, -0.2) is 0 Å². The first-order chi connectivity index (χ1) is 10.1. The maximum absolute atomic E-state index is 5.82. The Morgan fingerprint density at radius 3 is 2.48 bits per heavy atom. The van der Waals surface area contributed by atoms with E-state index in [1.165, 1.54) is 56.1 Å². The van der Waals surface area contributed by atoms with Gasteiger partial charge in [0.25, 0.3) is 0 Å². The summed E-state index contributed by atoms with van der Waals surface area (Å²) in [4.78, 5) is 0.497. The third-order valence-electron chi connectivity index (χ3n) is 5.20. The lowest BCUT2D eigenvalue weighted by Crippen LogP contribution is -2.18. The second kappa shape index (κ2) is 6.32. The molecule has 1 aromatic rings. The van der Waals surface area contributed by atoms with Gasteiger partial charge in [0, 0.05) is 15.8 Å². The zero-order valence-electron chi connectivity index (χ0n) is 13.3. The van der Waals surface area contributed by atoms with Gasteiger partial charge in [0.2, 0.25) is 0 Å². The lowest BCUT2D eigenvalue weighted by molar-refractivity contribution is 0.291. The fourth-order valence-corrected chi connectivity index (χ4v) is 4.58. The maximum Gasteiger partial charge on any atom is 0.123 e. The van der Waals surface area contributed by atoms with Gasteiger partial charge >= 0.3 is 0 Å². The van der Waals surface area contributed by atoms with Crippen molar-refractivity contribution in [1.82, 2.24) is 0 Å². The molecule has 1 fully saturated rings. The minimum Gasteiger partial charge on any atom is -0.492 e. The van der Waals surface area contributed by atoms with E-state index in [4.69, 9.17) is 4.74 Å². The molecule has 2 heteroatoms. The van der Waals surface area contributed by atoms with Crippen molar-refractivity contribution in [2.75, 3.05) is 6.61 Å². The Balaban J connectivity index is 1.79. The van der Waals surface area contributed by atoms with Gasteiger partial charge in [0.1, 0.15) is 5.75 Å². The molecule has 21 heavy (non-hydrogen) atoms. The quantitative estimate of drug-likeness (QED) is 0.581. The Hall–Kier alpha value is -0.500. The summed E-state index contributed by atoms with van der Waals surface area (Å²) in [5.41, 5.74) is 2.98. The monoisotopic (exact) mass is 350 g/mol. The fraction of sp³-hybridized carbons (Fsp3) is 0.684. The topological polar surface area (TPSA) is 9.23 Å². The summed E-state index contributed by atoms with van der Waals surface area (Å²) in [5, 5.41) is 0. The van der Waals surface area contributed by atoms with Crippen LogP contribution in [0.2, 0.25) is 0 Å². The highest BCUT2D eigenvalue weighted by Crippen LogP contribution is 2.44. The summed E-state index contributed by atoms with van der Waals surface area (Å²) in [5.74, 6) is 1.87. The van der Waals surface area contributed by atoms with E-state index < -0.39 is 0 Å². The van der Waals surface area contributed by atoms with Gasteiger partial charge < -0.3 is 4.74 Å². The summed E-state index contributed by atoms with van der Waals surface area (Å²) in [6.45, 7) is 5.37. The molecule has 3 rings (SSSR count). The predicted octanol–water partition coefficient (Wildman–Crippen LogP) is 6.15. The van der Waals surface area contributed by atoms with Crippen molar-refractivity contribution in [2.24, 2.45) is 5.92 Å². The number of hydrogen-bond donors (Lipinski definition) is 0. The molecule has 1 unspecified atom stereocenters. The van der Waals surface area contributed by atoms with Gasteiger partial charge in [-0.1, -0.05) is 74.0 Å². The van der Waals surface area contributed by atoms with Crippen LogP contribution in [-0.4, -0.2) is 6.61 Å². The molecule has 1 atom stereocenters. The van der Waals surface area contributed by atoms with E-state index in [1.807, 2.05) is 0 Å². The maximum atomic E-state index is 5.82. The molecule has 1 aliphatic heterocycles. The van der Waals surface area contributed by atoms with E-state index in [2.05, 4.69) is 48.0 Å². The van der Waals surface area contributed by atoms with E-state index in [-0.39, 0.29) is 5.41 Å². The molecule has 1 aromatic carbocycles. The summed E-state index contributed by atoms with van der Waals surface area (Å²) in [6, 6.07) is 6.83. The highest BCUT2D eigenvalue weighted by Gasteiger charge is 2.33. The third kappa shape index (κ3) is 3.31. The van der Waals surface area contributed by atoms with Crippen LogP contribution in [0.25, 0.3) is 0 Å². The van der Waals surface area contributed by atoms with E-state index in [1.54, 1.807) is 0 Å². The Morgan fingerprint density at radius 2 is 1.76 bits per heavy atom. The Bertz CT molecular complexity index is 486. The van der Waals surface area contributed by atoms with Gasteiger partial charge in [-0.2, -0.15) is 0 Å². The smallest absolute Gasteiger partial charge is 0.123 e. The van der Waals surface area contributed by atoms with E-state index in [0.717, 1.165) is 18.3 Å². The van der Waals surface area contributed by atoms with Crippen molar-refractivity contribution < 1.29 is 4.74 Å². The summed E-state index contributed by atoms with van der Waals surface area (Å²) < 4.78 is 5.82. The second-order valence-electron chi connectivity index (χ2n) is 7.44. The number of ether oxygens (including phenoxy) is 1. The van der Waals surface area contributed by atoms with Crippen LogP contribution in [-0.2, 0) is 5.41 Å². The largest absolute Gasteiger partial charge is 0.492 e. The van der Waals surface area contributed by atoms with Gasteiger partial charge in [-0.15, -0.1) is 0 Å². The zero-order valence-corrected chi connectivity index (χ0v) is 14.9.